The quantitative estimate of drug-likeness (QED) is 0.793. The molecule has 2 heterocycles. The van der Waals surface area contributed by atoms with E-state index in [1.54, 1.807) is 0 Å². The van der Waals surface area contributed by atoms with E-state index < -0.39 is 0 Å². The highest BCUT2D eigenvalue weighted by Gasteiger charge is 2.20. The van der Waals surface area contributed by atoms with E-state index in [9.17, 15) is 0 Å². The van der Waals surface area contributed by atoms with E-state index in [1.165, 1.54) is 19.3 Å². The molecule has 0 bridgehead atoms. The van der Waals surface area contributed by atoms with Gasteiger partial charge in [0.05, 0.1) is 11.0 Å². The summed E-state index contributed by atoms with van der Waals surface area (Å²) in [5, 5.41) is 0. The van der Waals surface area contributed by atoms with E-state index in [0.717, 1.165) is 23.5 Å². The van der Waals surface area contributed by atoms with Crippen LogP contribution < -0.4 is 4.90 Å². The maximum absolute atomic E-state index is 4.66. The Labute approximate surface area is 95.5 Å². The molecule has 1 aliphatic heterocycles. The Morgan fingerprint density at radius 1 is 1.31 bits per heavy atom. The normalized spacial score (nSPS) is 21.6. The van der Waals surface area contributed by atoms with Crippen LogP contribution >= 0.6 is 0 Å². The van der Waals surface area contributed by atoms with E-state index in [4.69, 9.17) is 0 Å². The van der Waals surface area contributed by atoms with Gasteiger partial charge in [-0.2, -0.15) is 0 Å². The number of anilines is 1. The van der Waals surface area contributed by atoms with Crippen LogP contribution in [0.5, 0.6) is 0 Å². The first-order chi connectivity index (χ1) is 7.84. The largest absolute Gasteiger partial charge is 0.340 e. The highest BCUT2D eigenvalue weighted by molar-refractivity contribution is 5.77. The number of aromatic nitrogens is 2. The molecule has 1 atom stereocenters. The summed E-state index contributed by atoms with van der Waals surface area (Å²) >= 11 is 0. The molecule has 1 aliphatic rings. The zero-order valence-corrected chi connectivity index (χ0v) is 9.61. The Morgan fingerprint density at radius 2 is 2.19 bits per heavy atom. The van der Waals surface area contributed by atoms with Crippen LogP contribution in [0.2, 0.25) is 0 Å². The fourth-order valence-electron chi connectivity index (χ4n) is 2.49. The number of fused-ring (bicyclic) bond motifs is 1. The SMILES string of the molecule is CC1CCCCN1c1nc2ccccc2[nH]1. The standard InChI is InChI=1S/C13H17N3/c1-10-6-4-5-9-16(10)13-14-11-7-2-3-8-12(11)15-13/h2-3,7-8,10H,4-6,9H2,1H3,(H,14,15). The molecule has 1 aromatic heterocycles. The van der Waals surface area contributed by atoms with Crippen LogP contribution in [-0.2, 0) is 0 Å². The van der Waals surface area contributed by atoms with Gasteiger partial charge in [0.2, 0.25) is 5.95 Å². The second-order valence-corrected chi connectivity index (χ2v) is 4.62. The van der Waals surface area contributed by atoms with Crippen LogP contribution in [0.25, 0.3) is 11.0 Å². The Kier molecular flexibility index (Phi) is 2.31. The van der Waals surface area contributed by atoms with Gasteiger partial charge in [0.15, 0.2) is 0 Å². The number of H-pyrrole nitrogens is 1. The van der Waals surface area contributed by atoms with Crippen molar-refractivity contribution >= 4 is 17.0 Å². The van der Waals surface area contributed by atoms with Gasteiger partial charge < -0.3 is 9.88 Å². The Hall–Kier alpha value is -1.51. The molecule has 1 saturated heterocycles. The van der Waals surface area contributed by atoms with Gasteiger partial charge >= 0.3 is 0 Å². The van der Waals surface area contributed by atoms with Gasteiger partial charge in [-0.05, 0) is 38.3 Å². The summed E-state index contributed by atoms with van der Waals surface area (Å²) in [6.07, 6.45) is 3.90. The van der Waals surface area contributed by atoms with Crippen molar-refractivity contribution in [3.05, 3.63) is 24.3 Å². The Bertz CT molecular complexity index is 456. The predicted octanol–water partition coefficient (Wildman–Crippen LogP) is 2.94. The number of nitrogens with zero attached hydrogens (tertiary/aromatic N) is 2. The van der Waals surface area contributed by atoms with Crippen molar-refractivity contribution in [1.29, 1.82) is 0 Å². The summed E-state index contributed by atoms with van der Waals surface area (Å²) in [5.74, 6) is 1.04. The minimum atomic E-state index is 0.606. The molecular weight excluding hydrogens is 198 g/mol. The van der Waals surface area contributed by atoms with Crippen LogP contribution in [0.3, 0.4) is 0 Å². The molecule has 0 spiro atoms. The fourth-order valence-corrected chi connectivity index (χ4v) is 2.49. The zero-order chi connectivity index (χ0) is 11.0. The number of hydrogen-bond acceptors (Lipinski definition) is 2. The summed E-state index contributed by atoms with van der Waals surface area (Å²) in [7, 11) is 0. The van der Waals surface area contributed by atoms with Crippen molar-refractivity contribution < 1.29 is 0 Å². The third-order valence-corrected chi connectivity index (χ3v) is 3.45. The third-order valence-electron chi connectivity index (χ3n) is 3.45. The number of aromatic amines is 1. The van der Waals surface area contributed by atoms with Gasteiger partial charge in [-0.3, -0.25) is 0 Å². The minimum absolute atomic E-state index is 0.606. The van der Waals surface area contributed by atoms with Crippen LogP contribution in [0.4, 0.5) is 5.95 Å². The van der Waals surface area contributed by atoms with E-state index in [-0.39, 0.29) is 0 Å². The number of rotatable bonds is 1. The molecule has 0 saturated carbocycles. The third kappa shape index (κ3) is 1.56. The lowest BCUT2D eigenvalue weighted by Gasteiger charge is -2.33. The molecule has 0 aliphatic carbocycles. The van der Waals surface area contributed by atoms with Crippen LogP contribution in [-0.4, -0.2) is 22.6 Å². The molecule has 1 aromatic carbocycles. The van der Waals surface area contributed by atoms with Gasteiger partial charge in [0.1, 0.15) is 0 Å². The molecule has 2 aromatic rings. The Morgan fingerprint density at radius 3 is 3.00 bits per heavy atom. The molecule has 16 heavy (non-hydrogen) atoms. The van der Waals surface area contributed by atoms with E-state index in [1.807, 2.05) is 12.1 Å². The molecule has 1 fully saturated rings. The van der Waals surface area contributed by atoms with Crippen LogP contribution in [0, 0.1) is 0 Å². The lowest BCUT2D eigenvalue weighted by molar-refractivity contribution is 0.478. The zero-order valence-electron chi connectivity index (χ0n) is 9.61. The maximum atomic E-state index is 4.66. The average Bonchev–Trinajstić information content (AvgIpc) is 2.73. The summed E-state index contributed by atoms with van der Waals surface area (Å²) in [4.78, 5) is 10.5. The Balaban J connectivity index is 1.98. The van der Waals surface area contributed by atoms with Crippen LogP contribution in [0.15, 0.2) is 24.3 Å². The molecule has 1 N–H and O–H groups in total. The van der Waals surface area contributed by atoms with E-state index in [2.05, 4.69) is 33.9 Å². The number of para-hydroxylation sites is 2. The monoisotopic (exact) mass is 215 g/mol. The minimum Gasteiger partial charge on any atom is -0.340 e. The molecule has 84 valence electrons. The maximum Gasteiger partial charge on any atom is 0.204 e. The van der Waals surface area contributed by atoms with Crippen molar-refractivity contribution in [2.45, 2.75) is 32.2 Å². The predicted molar refractivity (Wildman–Crippen MR) is 66.8 cm³/mol. The van der Waals surface area contributed by atoms with E-state index >= 15 is 0 Å². The van der Waals surface area contributed by atoms with Crippen molar-refractivity contribution in [2.24, 2.45) is 0 Å². The summed E-state index contributed by atoms with van der Waals surface area (Å²) < 4.78 is 0. The smallest absolute Gasteiger partial charge is 0.204 e. The summed E-state index contributed by atoms with van der Waals surface area (Å²) in [5.41, 5.74) is 2.20. The lowest BCUT2D eigenvalue weighted by Crippen LogP contribution is -2.38. The van der Waals surface area contributed by atoms with Gasteiger partial charge in [0, 0.05) is 12.6 Å². The first-order valence-electron chi connectivity index (χ1n) is 6.06. The van der Waals surface area contributed by atoms with Gasteiger partial charge in [-0.1, -0.05) is 12.1 Å². The highest BCUT2D eigenvalue weighted by atomic mass is 15.3. The van der Waals surface area contributed by atoms with Crippen molar-refractivity contribution in [3.63, 3.8) is 0 Å². The van der Waals surface area contributed by atoms with Crippen molar-refractivity contribution in [3.8, 4) is 0 Å². The molecule has 1 unspecified atom stereocenters. The summed E-state index contributed by atoms with van der Waals surface area (Å²) in [6.45, 7) is 3.41. The first kappa shape index (κ1) is 9.70. The summed E-state index contributed by atoms with van der Waals surface area (Å²) in [6, 6.07) is 8.83. The lowest BCUT2D eigenvalue weighted by atomic mass is 10.0. The highest BCUT2D eigenvalue weighted by Crippen LogP contribution is 2.24. The molecule has 0 radical (unpaired) electrons. The number of benzene rings is 1. The number of nitrogens with one attached hydrogen (secondary N) is 1. The molecule has 3 rings (SSSR count). The molecule has 3 nitrogen and oxygen atoms in total. The first-order valence-corrected chi connectivity index (χ1v) is 6.06. The topological polar surface area (TPSA) is 31.9 Å². The fraction of sp³-hybridized carbons (Fsp3) is 0.462. The van der Waals surface area contributed by atoms with Gasteiger partial charge in [-0.25, -0.2) is 4.98 Å². The molecule has 3 heteroatoms. The molecule has 0 amide bonds. The van der Waals surface area contributed by atoms with Crippen molar-refractivity contribution in [2.75, 3.05) is 11.4 Å². The number of piperidine rings is 1. The van der Waals surface area contributed by atoms with Gasteiger partial charge in [0.25, 0.3) is 0 Å². The van der Waals surface area contributed by atoms with E-state index in [0.29, 0.717) is 6.04 Å². The number of imidazole rings is 1. The second-order valence-electron chi connectivity index (χ2n) is 4.62. The average molecular weight is 215 g/mol. The number of hydrogen-bond donors (Lipinski definition) is 1. The molecular formula is C13H17N3. The van der Waals surface area contributed by atoms with Crippen molar-refractivity contribution in [1.82, 2.24) is 9.97 Å². The van der Waals surface area contributed by atoms with Crippen LogP contribution in [0.1, 0.15) is 26.2 Å². The van der Waals surface area contributed by atoms with Gasteiger partial charge in [-0.15, -0.1) is 0 Å². The second kappa shape index (κ2) is 3.81.